The summed E-state index contributed by atoms with van der Waals surface area (Å²) in [5.41, 5.74) is 7.23. The Kier molecular flexibility index (Phi) is 5.11. The highest BCUT2D eigenvalue weighted by Gasteiger charge is 2.10. The average molecular weight is 308 g/mol. The summed E-state index contributed by atoms with van der Waals surface area (Å²) in [4.78, 5) is 18.2. The number of nitrogens with one attached hydrogen (secondary N) is 1. The number of carbonyl (C=O) groups excluding carboxylic acids is 1. The number of fused-ring (bicyclic) bond motifs is 1. The number of benzene rings is 1. The van der Waals surface area contributed by atoms with E-state index in [4.69, 9.17) is 5.73 Å². The van der Waals surface area contributed by atoms with Crippen molar-refractivity contribution in [2.24, 2.45) is 0 Å². The second kappa shape index (κ2) is 6.84. The molecule has 0 fully saturated rings. The molecule has 1 heterocycles. The van der Waals surface area contributed by atoms with Crippen LogP contribution in [-0.4, -0.2) is 47.1 Å². The van der Waals surface area contributed by atoms with Crippen LogP contribution in [0.2, 0.25) is 0 Å². The lowest BCUT2D eigenvalue weighted by molar-refractivity contribution is -0.116. The number of nitrogen functional groups attached to an aromatic ring is 1. The summed E-state index contributed by atoms with van der Waals surface area (Å²) in [5.74, 6) is -0.0838. The van der Waals surface area contributed by atoms with Gasteiger partial charge >= 0.3 is 0 Å². The van der Waals surface area contributed by atoms with Crippen LogP contribution < -0.4 is 11.1 Å². The van der Waals surface area contributed by atoms with Crippen LogP contribution in [0.25, 0.3) is 10.2 Å². The molecular weight excluding hydrogens is 288 g/mol. The molecule has 1 aromatic heterocycles. The number of aliphatic hydroxyl groups excluding tert-OH is 1. The van der Waals surface area contributed by atoms with Gasteiger partial charge in [0.1, 0.15) is 0 Å². The number of hydrogen-bond acceptors (Lipinski definition) is 6. The minimum atomic E-state index is -0.396. The number of rotatable bonds is 6. The van der Waals surface area contributed by atoms with Gasteiger partial charge in [-0.2, -0.15) is 0 Å². The predicted molar refractivity (Wildman–Crippen MR) is 86.5 cm³/mol. The van der Waals surface area contributed by atoms with Crippen LogP contribution in [0.5, 0.6) is 0 Å². The van der Waals surface area contributed by atoms with E-state index in [0.29, 0.717) is 30.3 Å². The Morgan fingerprint density at radius 2 is 2.33 bits per heavy atom. The third-order valence-electron chi connectivity index (χ3n) is 2.96. The zero-order valence-electron chi connectivity index (χ0n) is 12.2. The van der Waals surface area contributed by atoms with Crippen LogP contribution in [0.4, 0.5) is 10.8 Å². The minimum absolute atomic E-state index is 0.0838. The van der Waals surface area contributed by atoms with Crippen LogP contribution in [0, 0.1) is 0 Å². The predicted octanol–water partition coefficient (Wildman–Crippen LogP) is 1.52. The molecule has 6 nitrogen and oxygen atoms in total. The zero-order valence-corrected chi connectivity index (χ0v) is 13.0. The molecule has 0 aliphatic heterocycles. The van der Waals surface area contributed by atoms with Gasteiger partial charge in [-0.05, 0) is 32.2 Å². The van der Waals surface area contributed by atoms with E-state index >= 15 is 0 Å². The molecule has 0 aliphatic rings. The van der Waals surface area contributed by atoms with Gasteiger partial charge < -0.3 is 21.1 Å². The summed E-state index contributed by atoms with van der Waals surface area (Å²) in [5, 5.41) is 12.6. The van der Waals surface area contributed by atoms with Gasteiger partial charge in [0.25, 0.3) is 0 Å². The highest BCUT2D eigenvalue weighted by Crippen LogP contribution is 2.27. The quantitative estimate of drug-likeness (QED) is 0.704. The molecule has 2 aromatic rings. The Bertz CT molecular complexity index is 626. The SMILES string of the molecule is CC(O)CN(C)CCC(=O)Nc1nc2ccc(N)cc2s1. The van der Waals surface area contributed by atoms with Gasteiger partial charge in [0.2, 0.25) is 5.91 Å². The summed E-state index contributed by atoms with van der Waals surface area (Å²) in [6.07, 6.45) is -0.0332. The van der Waals surface area contributed by atoms with E-state index < -0.39 is 6.10 Å². The lowest BCUT2D eigenvalue weighted by Gasteiger charge is -2.17. The smallest absolute Gasteiger partial charge is 0.227 e. The zero-order chi connectivity index (χ0) is 15.4. The van der Waals surface area contributed by atoms with Gasteiger partial charge in [0.05, 0.1) is 16.3 Å². The minimum Gasteiger partial charge on any atom is -0.399 e. The van der Waals surface area contributed by atoms with Gasteiger partial charge in [-0.25, -0.2) is 4.98 Å². The maximum absolute atomic E-state index is 11.9. The number of aliphatic hydroxyl groups is 1. The molecule has 1 unspecified atom stereocenters. The van der Waals surface area contributed by atoms with Crippen molar-refractivity contribution in [3.63, 3.8) is 0 Å². The number of nitrogens with zero attached hydrogens (tertiary/aromatic N) is 2. The number of carbonyl (C=O) groups is 1. The summed E-state index contributed by atoms with van der Waals surface area (Å²) >= 11 is 1.41. The fraction of sp³-hybridized carbons (Fsp3) is 0.429. The first-order chi connectivity index (χ1) is 9.94. The molecule has 0 radical (unpaired) electrons. The molecule has 4 N–H and O–H groups in total. The first kappa shape index (κ1) is 15.7. The molecule has 0 saturated carbocycles. The van der Waals surface area contributed by atoms with Crippen molar-refractivity contribution in [2.45, 2.75) is 19.4 Å². The van der Waals surface area contributed by atoms with Crippen LogP contribution in [0.1, 0.15) is 13.3 Å². The molecule has 21 heavy (non-hydrogen) atoms. The van der Waals surface area contributed by atoms with Crippen LogP contribution in [0.3, 0.4) is 0 Å². The summed E-state index contributed by atoms with van der Waals surface area (Å²) in [7, 11) is 1.88. The van der Waals surface area contributed by atoms with E-state index in [-0.39, 0.29) is 5.91 Å². The van der Waals surface area contributed by atoms with Crippen molar-refractivity contribution in [1.29, 1.82) is 0 Å². The second-order valence-electron chi connectivity index (χ2n) is 5.16. The van der Waals surface area contributed by atoms with Crippen molar-refractivity contribution in [1.82, 2.24) is 9.88 Å². The van der Waals surface area contributed by atoms with Crippen LogP contribution in [0.15, 0.2) is 18.2 Å². The highest BCUT2D eigenvalue weighted by molar-refractivity contribution is 7.22. The lowest BCUT2D eigenvalue weighted by Crippen LogP contribution is -2.30. The monoisotopic (exact) mass is 308 g/mol. The topological polar surface area (TPSA) is 91.5 Å². The molecule has 0 aliphatic carbocycles. The van der Waals surface area contributed by atoms with Crippen LogP contribution >= 0.6 is 11.3 Å². The molecule has 1 atom stereocenters. The molecular formula is C14H20N4O2S. The van der Waals surface area contributed by atoms with E-state index in [2.05, 4.69) is 10.3 Å². The summed E-state index contributed by atoms with van der Waals surface area (Å²) in [6.45, 7) is 2.87. The van der Waals surface area contributed by atoms with E-state index in [1.807, 2.05) is 24.1 Å². The lowest BCUT2D eigenvalue weighted by atomic mass is 10.3. The van der Waals surface area contributed by atoms with Gasteiger partial charge in [-0.1, -0.05) is 11.3 Å². The van der Waals surface area contributed by atoms with Gasteiger partial charge in [-0.15, -0.1) is 0 Å². The number of nitrogens with two attached hydrogens (primary N) is 1. The largest absolute Gasteiger partial charge is 0.399 e. The van der Waals surface area contributed by atoms with Crippen molar-refractivity contribution < 1.29 is 9.90 Å². The normalized spacial score (nSPS) is 12.8. The Morgan fingerprint density at radius 1 is 1.57 bits per heavy atom. The standard InChI is InChI=1S/C14H20N4O2S/c1-9(19)8-18(2)6-5-13(20)17-14-16-11-4-3-10(15)7-12(11)21-14/h3-4,7,9,19H,5-6,8,15H2,1-2H3,(H,16,17,20). The third-order valence-corrected chi connectivity index (χ3v) is 3.89. The molecule has 2 rings (SSSR count). The fourth-order valence-electron chi connectivity index (χ4n) is 2.01. The first-order valence-electron chi connectivity index (χ1n) is 6.76. The van der Waals surface area contributed by atoms with Crippen LogP contribution in [-0.2, 0) is 4.79 Å². The Morgan fingerprint density at radius 3 is 3.05 bits per heavy atom. The Hall–Kier alpha value is -1.70. The third kappa shape index (κ3) is 4.66. The van der Waals surface area contributed by atoms with E-state index in [9.17, 15) is 9.90 Å². The van der Waals surface area contributed by atoms with E-state index in [1.165, 1.54) is 11.3 Å². The number of thiazole rings is 1. The maximum atomic E-state index is 11.9. The summed E-state index contributed by atoms with van der Waals surface area (Å²) in [6, 6.07) is 5.48. The van der Waals surface area contributed by atoms with E-state index in [0.717, 1.165) is 10.2 Å². The molecule has 0 bridgehead atoms. The van der Waals surface area contributed by atoms with Gasteiger partial charge in [0, 0.05) is 25.2 Å². The maximum Gasteiger partial charge on any atom is 0.227 e. The average Bonchev–Trinajstić information content (AvgIpc) is 2.76. The Balaban J connectivity index is 1.89. The Labute approximate surface area is 127 Å². The number of amides is 1. The van der Waals surface area contributed by atoms with Crippen molar-refractivity contribution in [3.8, 4) is 0 Å². The fourth-order valence-corrected chi connectivity index (χ4v) is 2.94. The molecule has 1 amide bonds. The van der Waals surface area contributed by atoms with Gasteiger partial charge in [-0.3, -0.25) is 4.79 Å². The van der Waals surface area contributed by atoms with Crippen molar-refractivity contribution in [3.05, 3.63) is 18.2 Å². The number of likely N-dealkylation sites (N-methyl/N-ethyl adjacent to an activating group) is 1. The molecule has 0 saturated heterocycles. The van der Waals surface area contributed by atoms with Crippen molar-refractivity contribution in [2.75, 3.05) is 31.2 Å². The second-order valence-corrected chi connectivity index (χ2v) is 6.19. The molecule has 0 spiro atoms. The van der Waals surface area contributed by atoms with E-state index in [1.54, 1.807) is 13.0 Å². The number of anilines is 2. The summed E-state index contributed by atoms with van der Waals surface area (Å²) < 4.78 is 0.955. The van der Waals surface area contributed by atoms with Gasteiger partial charge in [0.15, 0.2) is 5.13 Å². The highest BCUT2D eigenvalue weighted by atomic mass is 32.1. The number of hydrogen-bond donors (Lipinski definition) is 3. The molecule has 7 heteroatoms. The first-order valence-corrected chi connectivity index (χ1v) is 7.58. The molecule has 1 aromatic carbocycles. The number of aromatic nitrogens is 1. The molecule has 114 valence electrons. The van der Waals surface area contributed by atoms with Crippen molar-refractivity contribution >= 4 is 38.3 Å².